The minimum absolute atomic E-state index is 0.278. The Morgan fingerprint density at radius 3 is 1.30 bits per heavy atom. The second-order valence-corrected chi connectivity index (χ2v) is 52.6. The summed E-state index contributed by atoms with van der Waals surface area (Å²) in [6, 6.07) is 22.3. The summed E-state index contributed by atoms with van der Waals surface area (Å²) in [7, 11) is 0.536. The van der Waals surface area contributed by atoms with Crippen LogP contribution in [0.2, 0.25) is 0 Å². The molecule has 6 rings (SSSR count). The minimum atomic E-state index is -0.922. The molecule has 0 aromatic heterocycles. The third-order valence-electron chi connectivity index (χ3n) is 9.50. The average Bonchev–Trinajstić information content (AvgIpc) is 3.42. The number of esters is 1. The number of aromatic carboxylic acids is 1. The first-order chi connectivity index (χ1) is 24.4. The van der Waals surface area contributed by atoms with E-state index in [-0.39, 0.29) is 22.1 Å². The molecule has 1 N–H and O–H groups in total. The molecule has 286 valence electrons. The zero-order valence-electron chi connectivity index (χ0n) is 31.9. The molecule has 0 radical (unpaired) electrons. The van der Waals surface area contributed by atoms with Crippen LogP contribution in [-0.4, -0.2) is 64.7 Å². The molecule has 8 nitrogen and oxygen atoms in total. The number of rotatable bonds is 4. The summed E-state index contributed by atoms with van der Waals surface area (Å²) in [5.41, 5.74) is 1.17. The molecule has 15 heteroatoms. The van der Waals surface area contributed by atoms with E-state index in [1.54, 1.807) is 18.2 Å². The van der Waals surface area contributed by atoms with Crippen molar-refractivity contribution in [2.24, 2.45) is 0 Å². The van der Waals surface area contributed by atoms with E-state index in [2.05, 4.69) is 96.4 Å². The van der Waals surface area contributed by atoms with E-state index >= 15 is 0 Å². The Bertz CT molecular complexity index is 1860. The zero-order valence-corrected chi connectivity index (χ0v) is 42.0. The van der Waals surface area contributed by atoms with Gasteiger partial charge in [-0.1, -0.05) is 97.1 Å². The fourth-order valence-corrected chi connectivity index (χ4v) is 5.33. The van der Waals surface area contributed by atoms with E-state index in [1.165, 1.54) is 7.11 Å². The van der Waals surface area contributed by atoms with Gasteiger partial charge < -0.3 is 28.5 Å². The topological polar surface area (TPSA) is 101 Å². The van der Waals surface area contributed by atoms with Gasteiger partial charge in [0.05, 0.1) is 40.6 Å². The molecule has 0 spiro atoms. The SMILES string of the molecule is CC(C)I.CC1(C)OB(c2ccc3c(C(=O)O)cccc3c2)OC1(C)C.COC(=O)c1cccc2cc(B3OC(C)(C)C(C)(C)O3)ccc12.[I][V]([I])[I]. The van der Waals surface area contributed by atoms with Gasteiger partial charge in [-0.15, -0.1) is 0 Å². The maximum absolute atomic E-state index is 11.9. The summed E-state index contributed by atoms with van der Waals surface area (Å²) in [5, 5.41) is 12.7. The predicted octanol–water partition coefficient (Wildman–Crippen LogP) is 10.2. The Morgan fingerprint density at radius 1 is 0.660 bits per heavy atom. The molecule has 0 amide bonds. The molecule has 2 heterocycles. The van der Waals surface area contributed by atoms with Gasteiger partial charge in [-0.25, -0.2) is 9.59 Å². The van der Waals surface area contributed by atoms with E-state index in [0.717, 1.165) is 36.4 Å². The first kappa shape index (κ1) is 47.2. The second-order valence-electron chi connectivity index (χ2n) is 14.8. The van der Waals surface area contributed by atoms with Gasteiger partial charge in [0.1, 0.15) is 0 Å². The van der Waals surface area contributed by atoms with Crippen LogP contribution < -0.4 is 10.9 Å². The number of fused-ring (bicyclic) bond motifs is 2. The Kier molecular flexibility index (Phi) is 17.4. The van der Waals surface area contributed by atoms with E-state index < -0.39 is 31.4 Å². The van der Waals surface area contributed by atoms with Crippen LogP contribution in [-0.2, 0) is 28.3 Å². The Balaban J connectivity index is 0.000000238. The molecule has 0 atom stereocenters. The van der Waals surface area contributed by atoms with Crippen molar-refractivity contribution in [1.82, 2.24) is 0 Å². The quantitative estimate of drug-likeness (QED) is 0.0934. The van der Waals surface area contributed by atoms with Crippen molar-refractivity contribution in [3.05, 3.63) is 83.9 Å². The fourth-order valence-electron chi connectivity index (χ4n) is 5.33. The summed E-state index contributed by atoms with van der Waals surface area (Å²) in [5.74, 6) is -1.26. The maximum atomic E-state index is 11.9. The summed E-state index contributed by atoms with van der Waals surface area (Å²) in [6.07, 6.45) is 0. The van der Waals surface area contributed by atoms with Crippen LogP contribution in [0.3, 0.4) is 0 Å². The van der Waals surface area contributed by atoms with Crippen molar-refractivity contribution < 1.29 is 43.0 Å². The van der Waals surface area contributed by atoms with Crippen molar-refractivity contribution >= 4 is 141 Å². The van der Waals surface area contributed by atoms with E-state index in [4.69, 9.17) is 23.4 Å². The van der Waals surface area contributed by atoms with Crippen LogP contribution in [0, 0.1) is 0 Å². The van der Waals surface area contributed by atoms with Gasteiger partial charge in [-0.3, -0.25) is 0 Å². The Labute approximate surface area is 366 Å². The Morgan fingerprint density at radius 2 is 0.981 bits per heavy atom. The number of ether oxygens (including phenoxy) is 1. The third kappa shape index (κ3) is 12.4. The van der Waals surface area contributed by atoms with Crippen molar-refractivity contribution in [2.45, 2.75) is 95.6 Å². The van der Waals surface area contributed by atoms with Gasteiger partial charge in [-0.05, 0) is 100.0 Å². The number of alkyl halides is 1. The van der Waals surface area contributed by atoms with Crippen molar-refractivity contribution in [3.8, 4) is 0 Å². The van der Waals surface area contributed by atoms with E-state index in [0.29, 0.717) is 11.1 Å². The summed E-state index contributed by atoms with van der Waals surface area (Å²) in [4.78, 5) is 22.9. The number of carbonyl (C=O) groups excluding carboxylic acids is 1. The summed E-state index contributed by atoms with van der Waals surface area (Å²) in [6.45, 7) is 20.5. The number of carboxylic acid groups (broad SMARTS) is 1. The van der Waals surface area contributed by atoms with Crippen LogP contribution in [0.4, 0.5) is 0 Å². The molecular formula is C38H47B2I4O8V. The van der Waals surface area contributed by atoms with Gasteiger partial charge >= 0.3 is 91.0 Å². The molecule has 2 aliphatic rings. The predicted molar refractivity (Wildman–Crippen MR) is 249 cm³/mol. The molecule has 4 aromatic carbocycles. The van der Waals surface area contributed by atoms with E-state index in [9.17, 15) is 14.7 Å². The van der Waals surface area contributed by atoms with Gasteiger partial charge in [-0.2, -0.15) is 0 Å². The van der Waals surface area contributed by atoms with E-state index in [1.807, 2.05) is 110 Å². The molecule has 0 unspecified atom stereocenters. The van der Waals surface area contributed by atoms with Crippen molar-refractivity contribution in [3.63, 3.8) is 0 Å². The zero-order chi connectivity index (χ0) is 40.1. The number of carbonyl (C=O) groups is 2. The van der Waals surface area contributed by atoms with Gasteiger partial charge in [0.15, 0.2) is 0 Å². The molecular weight excluding hydrogens is 1160 g/mol. The number of carboxylic acids is 1. The van der Waals surface area contributed by atoms with Gasteiger partial charge in [0.2, 0.25) is 0 Å². The fraction of sp³-hybridized carbons (Fsp3) is 0.421. The average molecular weight is 1210 g/mol. The first-order valence-electron chi connectivity index (χ1n) is 16.9. The Hall–Kier alpha value is -0.186. The molecule has 0 aliphatic carbocycles. The molecule has 0 bridgehead atoms. The number of hydrogen-bond acceptors (Lipinski definition) is 7. The number of hydrogen-bond donors (Lipinski definition) is 1. The molecule has 0 saturated carbocycles. The number of methoxy groups -OCH3 is 1. The van der Waals surface area contributed by atoms with Crippen LogP contribution >= 0.6 is 82.5 Å². The molecule has 2 saturated heterocycles. The van der Waals surface area contributed by atoms with Gasteiger partial charge in [0, 0.05) is 3.92 Å². The van der Waals surface area contributed by atoms with Crippen molar-refractivity contribution in [1.29, 1.82) is 0 Å². The summed E-state index contributed by atoms with van der Waals surface area (Å²) < 4.78 is 29.9. The molecule has 2 aliphatic heterocycles. The normalized spacial score (nSPS) is 17.8. The monoisotopic (exact) mass is 1210 g/mol. The van der Waals surface area contributed by atoms with Gasteiger partial charge in [0.25, 0.3) is 0 Å². The van der Waals surface area contributed by atoms with Crippen LogP contribution in [0.1, 0.15) is 90.0 Å². The summed E-state index contributed by atoms with van der Waals surface area (Å²) >= 11 is 9.73. The number of benzene rings is 4. The van der Waals surface area contributed by atoms with Crippen LogP contribution in [0.15, 0.2) is 72.8 Å². The molecule has 2 fully saturated rings. The number of halogens is 4. The molecule has 53 heavy (non-hydrogen) atoms. The first-order valence-corrected chi connectivity index (χ1v) is 31.7. The van der Waals surface area contributed by atoms with Crippen LogP contribution in [0.5, 0.6) is 0 Å². The standard InChI is InChI=1S/C18H21BO4.C17H19BO4.C3H7I.3HI.V/c1-17(2)18(3,4)23-19(22-17)13-9-10-14-12(11-13)7-6-8-15(14)16(20)21-5;1-16(2)17(3,4)22-18(21-16)12-8-9-13-11(10-12)6-5-7-14(13)15(19)20;1-3(2)4;;;;/h6-11H,1-5H3;5-10H,1-4H3,(H,19,20);3H,1-2H3;3*1H;/q;;;;;;+3/p-3. The molecule has 4 aromatic rings. The van der Waals surface area contributed by atoms with Crippen molar-refractivity contribution in [2.75, 3.05) is 7.11 Å². The van der Waals surface area contributed by atoms with Crippen LogP contribution in [0.25, 0.3) is 21.5 Å². The third-order valence-corrected chi connectivity index (χ3v) is 9.50. The second kappa shape index (κ2) is 19.5.